The lowest BCUT2D eigenvalue weighted by molar-refractivity contribution is -0.385. The Bertz CT molecular complexity index is 1020. The molecule has 0 unspecified atom stereocenters. The highest BCUT2D eigenvalue weighted by Gasteiger charge is 2.24. The van der Waals surface area contributed by atoms with Crippen molar-refractivity contribution in [2.24, 2.45) is 4.99 Å². The van der Waals surface area contributed by atoms with Crippen LogP contribution in [0.25, 0.3) is 6.08 Å². The lowest BCUT2D eigenvalue weighted by Gasteiger charge is -1.98. The molecule has 0 bridgehead atoms. The van der Waals surface area contributed by atoms with E-state index in [1.807, 2.05) is 0 Å². The van der Waals surface area contributed by atoms with Gasteiger partial charge >= 0.3 is 5.97 Å². The van der Waals surface area contributed by atoms with Crippen LogP contribution in [-0.2, 0) is 9.53 Å². The Morgan fingerprint density at radius 2 is 1.67 bits per heavy atom. The molecule has 0 saturated heterocycles. The number of carbonyl (C=O) groups excluding carboxylic acids is 1. The minimum atomic E-state index is -0.685. The molecule has 1 heterocycles. The molecule has 9 heteroatoms. The van der Waals surface area contributed by atoms with Crippen molar-refractivity contribution in [2.45, 2.75) is 0 Å². The second-order valence-corrected chi connectivity index (χ2v) is 5.34. The molecule has 0 aliphatic carbocycles. The van der Waals surface area contributed by atoms with Gasteiger partial charge in [0.25, 0.3) is 11.4 Å². The first-order valence-corrected chi connectivity index (χ1v) is 7.63. The highest BCUT2D eigenvalue weighted by Crippen LogP contribution is 2.21. The maximum absolute atomic E-state index is 11.9. The number of cyclic esters (lactones) is 1. The van der Waals surface area contributed by atoms with Crippen LogP contribution in [0.4, 0.5) is 11.4 Å². The summed E-state index contributed by atoms with van der Waals surface area (Å²) in [6.07, 6.45) is 4.32. The van der Waals surface area contributed by atoms with E-state index in [1.54, 1.807) is 18.2 Å². The Balaban J connectivity index is 1.82. The van der Waals surface area contributed by atoms with Gasteiger partial charge in [0.1, 0.15) is 0 Å². The van der Waals surface area contributed by atoms with Gasteiger partial charge in [0, 0.05) is 23.8 Å². The van der Waals surface area contributed by atoms with E-state index in [9.17, 15) is 25.0 Å². The molecule has 0 fully saturated rings. The number of esters is 1. The molecule has 0 radical (unpaired) electrons. The van der Waals surface area contributed by atoms with Crippen LogP contribution < -0.4 is 0 Å². The summed E-state index contributed by atoms with van der Waals surface area (Å²) < 4.78 is 5.06. The molecule has 27 heavy (non-hydrogen) atoms. The van der Waals surface area contributed by atoms with Gasteiger partial charge in [-0.1, -0.05) is 18.2 Å². The van der Waals surface area contributed by atoms with Gasteiger partial charge in [-0.2, -0.15) is 0 Å². The summed E-state index contributed by atoms with van der Waals surface area (Å²) >= 11 is 0. The van der Waals surface area contributed by atoms with Crippen LogP contribution in [-0.4, -0.2) is 21.7 Å². The summed E-state index contributed by atoms with van der Waals surface area (Å²) in [5.74, 6) is -0.657. The van der Waals surface area contributed by atoms with E-state index in [2.05, 4.69) is 4.99 Å². The minimum Gasteiger partial charge on any atom is -0.402 e. The predicted octanol–water partition coefficient (Wildman–Crippen LogP) is 3.40. The smallest absolute Gasteiger partial charge is 0.363 e. The van der Waals surface area contributed by atoms with Crippen molar-refractivity contribution in [3.63, 3.8) is 0 Å². The zero-order chi connectivity index (χ0) is 19.4. The van der Waals surface area contributed by atoms with Crippen molar-refractivity contribution in [2.75, 3.05) is 0 Å². The highest BCUT2D eigenvalue weighted by atomic mass is 16.6. The molecule has 2 aromatic rings. The van der Waals surface area contributed by atoms with E-state index in [0.717, 1.165) is 0 Å². The standard InChI is InChI=1S/C18H11N3O6/c22-18-15(6-3-5-12-4-1-2-7-16(12)21(25)26)19-17(27-18)13-8-10-14(11-9-13)20(23)24/h1-11H/b5-3+,15-6+. The van der Waals surface area contributed by atoms with E-state index in [4.69, 9.17) is 4.74 Å². The van der Waals surface area contributed by atoms with E-state index in [0.29, 0.717) is 11.1 Å². The fourth-order valence-electron chi connectivity index (χ4n) is 2.31. The Morgan fingerprint density at radius 3 is 2.33 bits per heavy atom. The molecule has 0 atom stereocenters. The number of ether oxygens (including phenoxy) is 1. The van der Waals surface area contributed by atoms with E-state index < -0.39 is 15.8 Å². The summed E-state index contributed by atoms with van der Waals surface area (Å²) in [6.45, 7) is 0. The first-order valence-electron chi connectivity index (χ1n) is 7.63. The number of benzene rings is 2. The predicted molar refractivity (Wildman–Crippen MR) is 95.9 cm³/mol. The molecule has 9 nitrogen and oxygen atoms in total. The topological polar surface area (TPSA) is 125 Å². The molecule has 134 valence electrons. The molecule has 2 aromatic carbocycles. The normalized spacial score (nSPS) is 15.0. The van der Waals surface area contributed by atoms with Gasteiger partial charge in [0.2, 0.25) is 5.90 Å². The number of rotatable bonds is 5. The first kappa shape index (κ1) is 17.7. The van der Waals surface area contributed by atoms with Crippen molar-refractivity contribution in [1.82, 2.24) is 0 Å². The Labute approximate surface area is 152 Å². The average Bonchev–Trinajstić information content (AvgIpc) is 3.03. The number of hydrogen-bond donors (Lipinski definition) is 0. The van der Waals surface area contributed by atoms with E-state index >= 15 is 0 Å². The zero-order valence-electron chi connectivity index (χ0n) is 13.6. The molecule has 1 aliphatic heterocycles. The van der Waals surface area contributed by atoms with Crippen LogP contribution in [0.1, 0.15) is 11.1 Å². The number of non-ortho nitro benzene ring substituents is 1. The van der Waals surface area contributed by atoms with E-state index in [1.165, 1.54) is 48.6 Å². The molecular formula is C18H11N3O6. The van der Waals surface area contributed by atoms with Crippen LogP contribution in [0.2, 0.25) is 0 Å². The highest BCUT2D eigenvalue weighted by molar-refractivity contribution is 6.11. The third-order valence-corrected chi connectivity index (χ3v) is 3.61. The van der Waals surface area contributed by atoms with Gasteiger partial charge in [0.15, 0.2) is 5.70 Å². The summed E-state index contributed by atoms with van der Waals surface area (Å²) in [4.78, 5) is 36.6. The molecule has 0 saturated carbocycles. The second-order valence-electron chi connectivity index (χ2n) is 5.34. The molecule has 0 N–H and O–H groups in total. The third kappa shape index (κ3) is 3.93. The Kier molecular flexibility index (Phi) is 4.84. The summed E-state index contributed by atoms with van der Waals surface area (Å²) in [7, 11) is 0. The van der Waals surface area contributed by atoms with Gasteiger partial charge in [-0.15, -0.1) is 0 Å². The lowest BCUT2D eigenvalue weighted by atomic mass is 10.1. The van der Waals surface area contributed by atoms with Crippen LogP contribution in [0.15, 0.2) is 71.4 Å². The average molecular weight is 365 g/mol. The van der Waals surface area contributed by atoms with Gasteiger partial charge < -0.3 is 4.74 Å². The maximum Gasteiger partial charge on any atom is 0.363 e. The number of aliphatic imine (C=N–C) groups is 1. The quantitative estimate of drug-likeness (QED) is 0.346. The molecule has 3 rings (SSSR count). The fourth-order valence-corrected chi connectivity index (χ4v) is 2.31. The largest absolute Gasteiger partial charge is 0.402 e. The fraction of sp³-hybridized carbons (Fsp3) is 0. The van der Waals surface area contributed by atoms with Crippen molar-refractivity contribution in [3.05, 3.63) is 97.7 Å². The lowest BCUT2D eigenvalue weighted by Crippen LogP contribution is -2.05. The van der Waals surface area contributed by atoms with Gasteiger partial charge in [-0.05, 0) is 30.4 Å². The van der Waals surface area contributed by atoms with Gasteiger partial charge in [0.05, 0.1) is 15.4 Å². The molecular weight excluding hydrogens is 354 g/mol. The first-order chi connectivity index (χ1) is 13.0. The van der Waals surface area contributed by atoms with Crippen molar-refractivity contribution in [3.8, 4) is 0 Å². The Morgan fingerprint density at radius 1 is 0.963 bits per heavy atom. The summed E-state index contributed by atoms with van der Waals surface area (Å²) in [6, 6.07) is 11.6. The third-order valence-electron chi connectivity index (χ3n) is 3.61. The van der Waals surface area contributed by atoms with Gasteiger partial charge in [-0.3, -0.25) is 20.2 Å². The number of nitro groups is 2. The maximum atomic E-state index is 11.9. The second kappa shape index (κ2) is 7.40. The summed E-state index contributed by atoms with van der Waals surface area (Å²) in [5, 5.41) is 21.6. The van der Waals surface area contributed by atoms with Crippen molar-refractivity contribution in [1.29, 1.82) is 0 Å². The zero-order valence-corrected chi connectivity index (χ0v) is 13.6. The van der Waals surface area contributed by atoms with Crippen LogP contribution >= 0.6 is 0 Å². The molecule has 0 aromatic heterocycles. The number of nitrogens with zero attached hydrogens (tertiary/aromatic N) is 3. The summed E-state index contributed by atoms with van der Waals surface area (Å²) in [5.41, 5.74) is 0.659. The van der Waals surface area contributed by atoms with E-state index in [-0.39, 0.29) is 23.0 Å². The monoisotopic (exact) mass is 365 g/mol. The van der Waals surface area contributed by atoms with Crippen LogP contribution in [0, 0.1) is 20.2 Å². The van der Waals surface area contributed by atoms with Crippen LogP contribution in [0.5, 0.6) is 0 Å². The number of para-hydroxylation sites is 1. The SMILES string of the molecule is O=C1OC(c2ccc([N+](=O)[O-])cc2)=N/C1=C/C=C/c1ccccc1[N+](=O)[O-]. The molecule has 0 spiro atoms. The van der Waals surface area contributed by atoms with Gasteiger partial charge in [-0.25, -0.2) is 9.79 Å². The Hall–Kier alpha value is -4.14. The number of allylic oxidation sites excluding steroid dienone is 2. The van der Waals surface area contributed by atoms with Crippen LogP contribution in [0.3, 0.4) is 0 Å². The molecule has 0 amide bonds. The van der Waals surface area contributed by atoms with Crippen molar-refractivity contribution < 1.29 is 19.4 Å². The number of hydrogen-bond acceptors (Lipinski definition) is 7. The molecule has 1 aliphatic rings. The number of nitro benzene ring substituents is 2. The number of carbonyl (C=O) groups is 1. The minimum absolute atomic E-state index is 0.0122. The van der Waals surface area contributed by atoms with Crippen molar-refractivity contribution >= 4 is 29.3 Å².